The lowest BCUT2D eigenvalue weighted by Crippen LogP contribution is -2.49. The normalized spacial score (nSPS) is 18.3. The number of aromatic carboxylic acids is 1. The van der Waals surface area contributed by atoms with Crippen LogP contribution in [0.15, 0.2) is 53.0 Å². The van der Waals surface area contributed by atoms with Crippen LogP contribution in [0.2, 0.25) is 0 Å². The summed E-state index contributed by atoms with van der Waals surface area (Å²) in [5.41, 5.74) is 2.95. The van der Waals surface area contributed by atoms with Crippen molar-refractivity contribution in [1.29, 1.82) is 0 Å². The standard InChI is InChI=1S/C21H20BrN3O5/c1-21(11-10-13-2-6-15(7-3-13)18(27)28)19(29)25(20(30)23-21)24-17(26)12-14-4-8-16(22)9-5-14/h2-9H,10-12H2,1H3,(H,23,30)(H,24,26)(H,27,28). The van der Waals surface area contributed by atoms with Gasteiger partial charge in [-0.2, -0.15) is 5.01 Å². The van der Waals surface area contributed by atoms with Crippen molar-refractivity contribution in [1.82, 2.24) is 15.8 Å². The Morgan fingerprint density at radius 2 is 1.67 bits per heavy atom. The molecule has 1 aliphatic heterocycles. The van der Waals surface area contributed by atoms with Crippen LogP contribution in [-0.4, -0.2) is 39.5 Å². The lowest BCUT2D eigenvalue weighted by atomic mass is 9.93. The van der Waals surface area contributed by atoms with Crippen LogP contribution in [-0.2, 0) is 22.4 Å². The van der Waals surface area contributed by atoms with Crippen molar-refractivity contribution in [2.24, 2.45) is 0 Å². The molecule has 1 saturated heterocycles. The zero-order valence-corrected chi connectivity index (χ0v) is 17.7. The van der Waals surface area contributed by atoms with E-state index in [9.17, 15) is 19.2 Å². The number of halogens is 1. The smallest absolute Gasteiger partial charge is 0.344 e. The maximum atomic E-state index is 12.8. The summed E-state index contributed by atoms with van der Waals surface area (Å²) < 4.78 is 0.883. The molecular weight excluding hydrogens is 454 g/mol. The molecule has 0 spiro atoms. The highest BCUT2D eigenvalue weighted by Gasteiger charge is 2.48. The summed E-state index contributed by atoms with van der Waals surface area (Å²) in [6, 6.07) is 12.8. The second-order valence-electron chi connectivity index (χ2n) is 7.24. The summed E-state index contributed by atoms with van der Waals surface area (Å²) in [5, 5.41) is 12.3. The molecule has 30 heavy (non-hydrogen) atoms. The van der Waals surface area contributed by atoms with E-state index in [-0.39, 0.29) is 12.0 Å². The molecule has 0 aromatic heterocycles. The van der Waals surface area contributed by atoms with E-state index in [1.165, 1.54) is 12.1 Å². The van der Waals surface area contributed by atoms with Crippen molar-refractivity contribution in [2.75, 3.05) is 0 Å². The van der Waals surface area contributed by atoms with Crippen molar-refractivity contribution < 1.29 is 24.3 Å². The summed E-state index contributed by atoms with van der Waals surface area (Å²) >= 11 is 3.32. The van der Waals surface area contributed by atoms with Gasteiger partial charge in [0.15, 0.2) is 0 Å². The molecule has 4 amide bonds. The van der Waals surface area contributed by atoms with Gasteiger partial charge in [-0.3, -0.25) is 15.0 Å². The van der Waals surface area contributed by atoms with Crippen molar-refractivity contribution >= 4 is 39.7 Å². The number of hydrogen-bond donors (Lipinski definition) is 3. The maximum absolute atomic E-state index is 12.8. The lowest BCUT2D eigenvalue weighted by Gasteiger charge is -2.21. The van der Waals surface area contributed by atoms with Gasteiger partial charge < -0.3 is 10.4 Å². The first-order chi connectivity index (χ1) is 14.2. The molecular formula is C21H20BrN3O5. The fraction of sp³-hybridized carbons (Fsp3) is 0.238. The first-order valence-electron chi connectivity index (χ1n) is 9.21. The summed E-state index contributed by atoms with van der Waals surface area (Å²) in [6.45, 7) is 1.60. The van der Waals surface area contributed by atoms with E-state index >= 15 is 0 Å². The Morgan fingerprint density at radius 3 is 2.27 bits per heavy atom. The lowest BCUT2D eigenvalue weighted by molar-refractivity contribution is -0.138. The van der Waals surface area contributed by atoms with Crippen molar-refractivity contribution in [3.63, 3.8) is 0 Å². The highest BCUT2D eigenvalue weighted by molar-refractivity contribution is 9.10. The van der Waals surface area contributed by atoms with E-state index in [1.54, 1.807) is 43.3 Å². The number of carbonyl (C=O) groups excluding carboxylic acids is 3. The third-order valence-electron chi connectivity index (χ3n) is 4.89. The van der Waals surface area contributed by atoms with Gasteiger partial charge in [-0.1, -0.05) is 40.2 Å². The molecule has 8 nitrogen and oxygen atoms in total. The number of urea groups is 1. The van der Waals surface area contributed by atoms with Crippen LogP contribution >= 0.6 is 15.9 Å². The Balaban J connectivity index is 1.60. The molecule has 1 fully saturated rings. The molecule has 9 heteroatoms. The van der Waals surface area contributed by atoms with Gasteiger partial charge in [0.2, 0.25) is 5.91 Å². The fourth-order valence-corrected chi connectivity index (χ4v) is 3.38. The third-order valence-corrected chi connectivity index (χ3v) is 5.42. The summed E-state index contributed by atoms with van der Waals surface area (Å²) in [6.07, 6.45) is 0.767. The number of amides is 4. The van der Waals surface area contributed by atoms with Crippen LogP contribution in [0.5, 0.6) is 0 Å². The molecule has 2 aromatic rings. The average molecular weight is 474 g/mol. The second kappa shape index (κ2) is 8.66. The fourth-order valence-electron chi connectivity index (χ4n) is 3.12. The highest BCUT2D eigenvalue weighted by Crippen LogP contribution is 2.22. The quantitative estimate of drug-likeness (QED) is 0.534. The first kappa shape index (κ1) is 21.5. The van der Waals surface area contributed by atoms with Gasteiger partial charge in [0.1, 0.15) is 5.54 Å². The average Bonchev–Trinajstić information content (AvgIpc) is 2.92. The molecule has 156 valence electrons. The van der Waals surface area contributed by atoms with E-state index in [0.717, 1.165) is 15.6 Å². The molecule has 1 heterocycles. The molecule has 1 aliphatic rings. The first-order valence-corrected chi connectivity index (χ1v) is 10.00. The number of benzene rings is 2. The Hall–Kier alpha value is -3.20. The molecule has 0 radical (unpaired) electrons. The Bertz CT molecular complexity index is 991. The number of hydrogen-bond acceptors (Lipinski definition) is 4. The van der Waals surface area contributed by atoms with E-state index in [1.807, 2.05) is 0 Å². The van der Waals surface area contributed by atoms with Gasteiger partial charge in [-0.25, -0.2) is 9.59 Å². The molecule has 1 unspecified atom stereocenters. The summed E-state index contributed by atoms with van der Waals surface area (Å²) in [5.74, 6) is -2.03. The largest absolute Gasteiger partial charge is 0.478 e. The third kappa shape index (κ3) is 4.85. The van der Waals surface area contributed by atoms with Crippen molar-refractivity contribution in [2.45, 2.75) is 31.7 Å². The van der Waals surface area contributed by atoms with Gasteiger partial charge in [-0.05, 0) is 55.2 Å². The van der Waals surface area contributed by atoms with Gasteiger partial charge in [-0.15, -0.1) is 0 Å². The monoisotopic (exact) mass is 473 g/mol. The zero-order chi connectivity index (χ0) is 21.9. The Labute approximate surface area is 181 Å². The number of aryl methyl sites for hydroxylation is 1. The van der Waals surface area contributed by atoms with E-state index < -0.39 is 29.4 Å². The summed E-state index contributed by atoms with van der Waals surface area (Å²) in [4.78, 5) is 48.3. The van der Waals surface area contributed by atoms with Gasteiger partial charge in [0.25, 0.3) is 5.91 Å². The predicted octanol–water partition coefficient (Wildman–Crippen LogP) is 2.66. The van der Waals surface area contributed by atoms with Crippen LogP contribution in [0.4, 0.5) is 4.79 Å². The molecule has 0 aliphatic carbocycles. The van der Waals surface area contributed by atoms with Crippen LogP contribution in [0.1, 0.15) is 34.8 Å². The Kier molecular flexibility index (Phi) is 6.21. The number of carboxylic acid groups (broad SMARTS) is 1. The maximum Gasteiger partial charge on any atom is 0.344 e. The van der Waals surface area contributed by atoms with Crippen LogP contribution in [0, 0.1) is 0 Å². The van der Waals surface area contributed by atoms with E-state index in [4.69, 9.17) is 5.11 Å². The predicted molar refractivity (Wildman–Crippen MR) is 111 cm³/mol. The molecule has 2 aromatic carbocycles. The Morgan fingerprint density at radius 1 is 1.07 bits per heavy atom. The van der Waals surface area contributed by atoms with Crippen LogP contribution < -0.4 is 10.7 Å². The zero-order valence-electron chi connectivity index (χ0n) is 16.1. The van der Waals surface area contributed by atoms with Gasteiger partial charge in [0.05, 0.1) is 12.0 Å². The minimum atomic E-state index is -1.17. The minimum absolute atomic E-state index is 0.0248. The summed E-state index contributed by atoms with van der Waals surface area (Å²) in [7, 11) is 0. The highest BCUT2D eigenvalue weighted by atomic mass is 79.9. The number of carbonyl (C=O) groups is 4. The SMILES string of the molecule is CC1(CCc2ccc(C(=O)O)cc2)NC(=O)N(NC(=O)Cc2ccc(Br)cc2)C1=O. The second-order valence-corrected chi connectivity index (χ2v) is 8.16. The molecule has 1 atom stereocenters. The minimum Gasteiger partial charge on any atom is -0.478 e. The van der Waals surface area contributed by atoms with E-state index in [0.29, 0.717) is 17.9 Å². The number of rotatable bonds is 7. The topological polar surface area (TPSA) is 116 Å². The number of carboxylic acids is 1. The van der Waals surface area contributed by atoms with Gasteiger partial charge >= 0.3 is 12.0 Å². The van der Waals surface area contributed by atoms with Crippen LogP contribution in [0.25, 0.3) is 0 Å². The number of nitrogens with one attached hydrogen (secondary N) is 2. The molecule has 0 saturated carbocycles. The van der Waals surface area contributed by atoms with Crippen molar-refractivity contribution in [3.05, 3.63) is 69.7 Å². The van der Waals surface area contributed by atoms with Crippen molar-refractivity contribution in [3.8, 4) is 0 Å². The number of hydrazine groups is 1. The molecule has 3 rings (SSSR count). The van der Waals surface area contributed by atoms with Gasteiger partial charge in [0, 0.05) is 4.47 Å². The number of nitrogens with zero attached hydrogens (tertiary/aromatic N) is 1. The number of imide groups is 1. The van der Waals surface area contributed by atoms with E-state index in [2.05, 4.69) is 26.7 Å². The molecule has 0 bridgehead atoms. The van der Waals surface area contributed by atoms with Crippen LogP contribution in [0.3, 0.4) is 0 Å². The molecule has 3 N–H and O–H groups in total.